The number of likely N-dealkylation sites (N-methyl/N-ethyl adjacent to an activating group) is 1. The predicted molar refractivity (Wildman–Crippen MR) is 72.3 cm³/mol. The number of sulfonamides is 1. The summed E-state index contributed by atoms with van der Waals surface area (Å²) in [6, 6.07) is 3.90. The number of benzene rings is 1. The van der Waals surface area contributed by atoms with E-state index in [4.69, 9.17) is 11.6 Å². The molecule has 7 heteroatoms. The SMILES string of the molecule is CCN(C1CCNC1)S(=O)(=O)c1cccc(Cl)c1F. The Morgan fingerprint density at radius 2 is 2.26 bits per heavy atom. The van der Waals surface area contributed by atoms with Gasteiger partial charge in [-0.3, -0.25) is 0 Å². The number of rotatable bonds is 4. The monoisotopic (exact) mass is 306 g/mol. The van der Waals surface area contributed by atoms with Crippen LogP contribution in [0.1, 0.15) is 13.3 Å². The normalized spacial score (nSPS) is 20.1. The minimum atomic E-state index is -3.85. The molecule has 0 aliphatic carbocycles. The summed E-state index contributed by atoms with van der Waals surface area (Å²) in [4.78, 5) is -0.353. The third kappa shape index (κ3) is 2.76. The summed E-state index contributed by atoms with van der Waals surface area (Å²) in [5.74, 6) is -0.881. The molecule has 1 unspecified atom stereocenters. The lowest BCUT2D eigenvalue weighted by atomic mass is 10.3. The van der Waals surface area contributed by atoms with Crippen molar-refractivity contribution in [3.05, 3.63) is 29.0 Å². The summed E-state index contributed by atoms with van der Waals surface area (Å²) >= 11 is 5.66. The van der Waals surface area contributed by atoms with Crippen molar-refractivity contribution in [2.45, 2.75) is 24.3 Å². The molecule has 0 spiro atoms. The van der Waals surface area contributed by atoms with Crippen LogP contribution in [0.15, 0.2) is 23.1 Å². The zero-order valence-electron chi connectivity index (χ0n) is 10.6. The van der Waals surface area contributed by atoms with Gasteiger partial charge in [0.05, 0.1) is 5.02 Å². The van der Waals surface area contributed by atoms with Gasteiger partial charge in [-0.25, -0.2) is 12.8 Å². The van der Waals surface area contributed by atoms with Crippen LogP contribution in [0.3, 0.4) is 0 Å². The summed E-state index contributed by atoms with van der Waals surface area (Å²) in [5.41, 5.74) is 0. The molecule has 1 saturated heterocycles. The van der Waals surface area contributed by atoms with Gasteiger partial charge in [0.1, 0.15) is 4.90 Å². The average Bonchev–Trinajstić information content (AvgIpc) is 2.86. The number of nitrogens with zero attached hydrogens (tertiary/aromatic N) is 1. The molecule has 2 rings (SSSR count). The topological polar surface area (TPSA) is 49.4 Å². The molecule has 1 aliphatic heterocycles. The predicted octanol–water partition coefficient (Wildman–Crippen LogP) is 1.85. The minimum Gasteiger partial charge on any atom is -0.315 e. The molecule has 1 aromatic rings. The van der Waals surface area contributed by atoms with Crippen molar-refractivity contribution >= 4 is 21.6 Å². The molecule has 0 radical (unpaired) electrons. The third-order valence-corrected chi connectivity index (χ3v) is 5.59. The zero-order chi connectivity index (χ0) is 14.0. The Labute approximate surface area is 117 Å². The van der Waals surface area contributed by atoms with Gasteiger partial charge in [-0.15, -0.1) is 0 Å². The van der Waals surface area contributed by atoms with Gasteiger partial charge >= 0.3 is 0 Å². The highest BCUT2D eigenvalue weighted by Gasteiger charge is 2.34. The van der Waals surface area contributed by atoms with E-state index < -0.39 is 15.8 Å². The van der Waals surface area contributed by atoms with Gasteiger partial charge in [0.15, 0.2) is 5.82 Å². The van der Waals surface area contributed by atoms with Crippen LogP contribution in [-0.4, -0.2) is 38.4 Å². The van der Waals surface area contributed by atoms with Gasteiger partial charge in [-0.05, 0) is 25.1 Å². The zero-order valence-corrected chi connectivity index (χ0v) is 12.1. The molecule has 19 heavy (non-hydrogen) atoms. The van der Waals surface area contributed by atoms with E-state index in [9.17, 15) is 12.8 Å². The summed E-state index contributed by atoms with van der Waals surface area (Å²) in [5, 5.41) is 2.93. The molecule has 1 fully saturated rings. The quantitative estimate of drug-likeness (QED) is 0.923. The molecular weight excluding hydrogens is 291 g/mol. The van der Waals surface area contributed by atoms with Crippen molar-refractivity contribution in [1.29, 1.82) is 0 Å². The third-order valence-electron chi connectivity index (χ3n) is 3.26. The molecule has 1 heterocycles. The maximum Gasteiger partial charge on any atom is 0.246 e. The van der Waals surface area contributed by atoms with Crippen molar-refractivity contribution in [3.8, 4) is 0 Å². The van der Waals surface area contributed by atoms with E-state index in [2.05, 4.69) is 5.32 Å². The van der Waals surface area contributed by atoms with Crippen LogP contribution in [0.4, 0.5) is 4.39 Å². The fraction of sp³-hybridized carbons (Fsp3) is 0.500. The second-order valence-electron chi connectivity index (χ2n) is 4.41. The van der Waals surface area contributed by atoms with Crippen LogP contribution in [0, 0.1) is 5.82 Å². The Hall–Kier alpha value is -0.690. The second-order valence-corrected chi connectivity index (χ2v) is 6.67. The van der Waals surface area contributed by atoms with E-state index in [1.807, 2.05) is 0 Å². The van der Waals surface area contributed by atoms with Crippen LogP contribution in [-0.2, 0) is 10.0 Å². The molecule has 106 valence electrons. The second kappa shape index (κ2) is 5.75. The Morgan fingerprint density at radius 1 is 1.53 bits per heavy atom. The number of nitrogens with one attached hydrogen (secondary N) is 1. The van der Waals surface area contributed by atoms with Gasteiger partial charge in [0.25, 0.3) is 0 Å². The van der Waals surface area contributed by atoms with Gasteiger partial charge in [-0.2, -0.15) is 4.31 Å². The Balaban J connectivity index is 2.42. The first-order valence-electron chi connectivity index (χ1n) is 6.15. The van der Waals surface area contributed by atoms with Gasteiger partial charge < -0.3 is 5.32 Å². The van der Waals surface area contributed by atoms with E-state index >= 15 is 0 Å². The van der Waals surface area contributed by atoms with E-state index in [1.54, 1.807) is 6.92 Å². The smallest absolute Gasteiger partial charge is 0.246 e. The highest BCUT2D eigenvalue weighted by atomic mass is 35.5. The lowest BCUT2D eigenvalue weighted by molar-refractivity contribution is 0.347. The highest BCUT2D eigenvalue weighted by Crippen LogP contribution is 2.26. The molecule has 0 amide bonds. The molecular formula is C12H16ClFN2O2S. The first kappa shape index (κ1) is 14.7. The lowest BCUT2D eigenvalue weighted by Gasteiger charge is -2.26. The van der Waals surface area contributed by atoms with Crippen LogP contribution in [0.2, 0.25) is 5.02 Å². The van der Waals surface area contributed by atoms with Gasteiger partial charge in [0.2, 0.25) is 10.0 Å². The fourth-order valence-corrected chi connectivity index (χ4v) is 4.30. The molecule has 1 atom stereocenters. The fourth-order valence-electron chi connectivity index (χ4n) is 2.32. The number of hydrogen-bond acceptors (Lipinski definition) is 3. The molecule has 1 aromatic carbocycles. The maximum atomic E-state index is 13.9. The van der Waals surface area contributed by atoms with Crippen LogP contribution >= 0.6 is 11.6 Å². The average molecular weight is 307 g/mol. The summed E-state index contributed by atoms with van der Waals surface area (Å²) < 4.78 is 40.3. The summed E-state index contributed by atoms with van der Waals surface area (Å²) in [6.07, 6.45) is 0.731. The van der Waals surface area contributed by atoms with Gasteiger partial charge in [0, 0.05) is 19.1 Å². The largest absolute Gasteiger partial charge is 0.315 e. The van der Waals surface area contributed by atoms with Crippen molar-refractivity contribution in [2.75, 3.05) is 19.6 Å². The first-order valence-corrected chi connectivity index (χ1v) is 7.97. The molecule has 4 nitrogen and oxygen atoms in total. The maximum absolute atomic E-state index is 13.9. The van der Waals surface area contributed by atoms with Crippen molar-refractivity contribution in [3.63, 3.8) is 0 Å². The molecule has 0 saturated carbocycles. The first-order chi connectivity index (χ1) is 8.98. The Kier molecular flexibility index (Phi) is 4.45. The van der Waals surface area contributed by atoms with E-state index in [0.29, 0.717) is 13.1 Å². The molecule has 1 aliphatic rings. The molecule has 1 N–H and O–H groups in total. The Bertz CT molecular complexity index is 559. The number of hydrogen-bond donors (Lipinski definition) is 1. The van der Waals surface area contributed by atoms with E-state index in [-0.39, 0.29) is 16.0 Å². The number of halogens is 2. The summed E-state index contributed by atoms with van der Waals surface area (Å²) in [6.45, 7) is 3.42. The van der Waals surface area contributed by atoms with Crippen LogP contribution in [0.25, 0.3) is 0 Å². The van der Waals surface area contributed by atoms with Crippen molar-refractivity contribution in [2.24, 2.45) is 0 Å². The van der Waals surface area contributed by atoms with Crippen molar-refractivity contribution < 1.29 is 12.8 Å². The minimum absolute atomic E-state index is 0.131. The summed E-state index contributed by atoms with van der Waals surface area (Å²) in [7, 11) is -3.85. The molecule has 0 aromatic heterocycles. The van der Waals surface area contributed by atoms with Gasteiger partial charge in [-0.1, -0.05) is 24.6 Å². The Morgan fingerprint density at radius 3 is 2.84 bits per heavy atom. The standard InChI is InChI=1S/C12H16ClFN2O2S/c1-2-16(9-6-7-15-8-9)19(17,18)11-5-3-4-10(13)12(11)14/h3-5,9,15H,2,6-8H2,1H3. The molecule has 0 bridgehead atoms. The van der Waals surface area contributed by atoms with Crippen LogP contribution < -0.4 is 5.32 Å². The van der Waals surface area contributed by atoms with Crippen LogP contribution in [0.5, 0.6) is 0 Å². The van der Waals surface area contributed by atoms with E-state index in [1.165, 1.54) is 22.5 Å². The highest BCUT2D eigenvalue weighted by molar-refractivity contribution is 7.89. The van der Waals surface area contributed by atoms with Crippen molar-refractivity contribution in [1.82, 2.24) is 9.62 Å². The van der Waals surface area contributed by atoms with E-state index in [0.717, 1.165) is 13.0 Å². The lowest BCUT2D eigenvalue weighted by Crippen LogP contribution is -2.41.